The van der Waals surface area contributed by atoms with Crippen LogP contribution in [0.25, 0.3) is 0 Å². The van der Waals surface area contributed by atoms with Gasteiger partial charge in [-0.3, -0.25) is 9.69 Å². The lowest BCUT2D eigenvalue weighted by atomic mass is 10.2. The predicted octanol–water partition coefficient (Wildman–Crippen LogP) is 1.11. The van der Waals surface area contributed by atoms with Gasteiger partial charge in [-0.25, -0.2) is 0 Å². The molecule has 1 unspecified atom stereocenters. The lowest BCUT2D eigenvalue weighted by Gasteiger charge is -2.17. The molecule has 104 valence electrons. The molecule has 5 nitrogen and oxygen atoms in total. The summed E-state index contributed by atoms with van der Waals surface area (Å²) in [5.74, 6) is 0.674. The Hall–Kier alpha value is -1.75. The van der Waals surface area contributed by atoms with E-state index in [1.165, 1.54) is 7.11 Å². The molecule has 0 saturated carbocycles. The van der Waals surface area contributed by atoms with Crippen LogP contribution in [0.1, 0.15) is 18.9 Å². The van der Waals surface area contributed by atoms with Crippen molar-refractivity contribution in [2.24, 2.45) is 0 Å². The van der Waals surface area contributed by atoms with Crippen molar-refractivity contribution in [1.82, 2.24) is 10.2 Å². The molecule has 19 heavy (non-hydrogen) atoms. The number of carbonyl (C=O) groups excluding carboxylic acids is 1. The van der Waals surface area contributed by atoms with E-state index in [9.17, 15) is 9.90 Å². The molecule has 0 radical (unpaired) electrons. The summed E-state index contributed by atoms with van der Waals surface area (Å²) in [7, 11) is 1.53. The number of hydrogen-bond acceptors (Lipinski definition) is 4. The van der Waals surface area contributed by atoms with Crippen LogP contribution in [0.15, 0.2) is 18.2 Å². The summed E-state index contributed by atoms with van der Waals surface area (Å²) < 4.78 is 5.02. The zero-order valence-corrected chi connectivity index (χ0v) is 11.3. The van der Waals surface area contributed by atoms with Crippen LogP contribution in [0.5, 0.6) is 11.5 Å². The molecule has 1 heterocycles. The maximum absolute atomic E-state index is 11.0. The Labute approximate surface area is 113 Å². The second kappa shape index (κ2) is 5.93. The molecule has 1 aromatic carbocycles. The SMILES string of the molecule is COc1ccc(CN2CCC(NC(C)=O)C2)cc1O. The van der Waals surface area contributed by atoms with E-state index >= 15 is 0 Å². The molecule has 1 aliphatic heterocycles. The summed E-state index contributed by atoms with van der Waals surface area (Å²) in [4.78, 5) is 13.3. The number of carbonyl (C=O) groups is 1. The van der Waals surface area contributed by atoms with Gasteiger partial charge in [0.15, 0.2) is 11.5 Å². The van der Waals surface area contributed by atoms with Gasteiger partial charge in [-0.2, -0.15) is 0 Å². The van der Waals surface area contributed by atoms with Crippen LogP contribution >= 0.6 is 0 Å². The quantitative estimate of drug-likeness (QED) is 0.855. The minimum Gasteiger partial charge on any atom is -0.504 e. The lowest BCUT2D eigenvalue weighted by Crippen LogP contribution is -2.35. The van der Waals surface area contributed by atoms with Crippen LogP contribution < -0.4 is 10.1 Å². The van der Waals surface area contributed by atoms with Crippen LogP contribution in [0.2, 0.25) is 0 Å². The Balaban J connectivity index is 1.92. The zero-order valence-electron chi connectivity index (χ0n) is 11.3. The highest BCUT2D eigenvalue weighted by atomic mass is 16.5. The Morgan fingerprint density at radius 3 is 3.00 bits per heavy atom. The van der Waals surface area contributed by atoms with Crippen molar-refractivity contribution in [3.8, 4) is 11.5 Å². The first-order valence-electron chi connectivity index (χ1n) is 6.44. The summed E-state index contributed by atoms with van der Waals surface area (Å²) in [6.07, 6.45) is 0.974. The average Bonchev–Trinajstić information content (AvgIpc) is 2.76. The topological polar surface area (TPSA) is 61.8 Å². The number of rotatable bonds is 4. The van der Waals surface area contributed by atoms with Crippen molar-refractivity contribution >= 4 is 5.91 Å². The van der Waals surface area contributed by atoms with Crippen molar-refractivity contribution < 1.29 is 14.6 Å². The second-order valence-electron chi connectivity index (χ2n) is 4.93. The summed E-state index contributed by atoms with van der Waals surface area (Å²) in [5, 5.41) is 12.7. The van der Waals surface area contributed by atoms with Gasteiger partial charge in [0.2, 0.25) is 5.91 Å². The molecule has 0 aromatic heterocycles. The number of amides is 1. The average molecular weight is 264 g/mol. The largest absolute Gasteiger partial charge is 0.504 e. The third-order valence-corrected chi connectivity index (χ3v) is 3.33. The van der Waals surface area contributed by atoms with E-state index in [-0.39, 0.29) is 17.7 Å². The van der Waals surface area contributed by atoms with Gasteiger partial charge >= 0.3 is 0 Å². The molecule has 2 rings (SSSR count). The highest BCUT2D eigenvalue weighted by molar-refractivity contribution is 5.73. The highest BCUT2D eigenvalue weighted by Crippen LogP contribution is 2.27. The first-order chi connectivity index (χ1) is 9.08. The number of hydrogen-bond donors (Lipinski definition) is 2. The molecule has 1 aromatic rings. The smallest absolute Gasteiger partial charge is 0.217 e. The Morgan fingerprint density at radius 2 is 2.37 bits per heavy atom. The molecular formula is C14H20N2O3. The lowest BCUT2D eigenvalue weighted by molar-refractivity contribution is -0.119. The monoisotopic (exact) mass is 264 g/mol. The minimum absolute atomic E-state index is 0.0222. The van der Waals surface area contributed by atoms with E-state index in [2.05, 4.69) is 10.2 Å². The number of ether oxygens (including phenoxy) is 1. The van der Waals surface area contributed by atoms with Gasteiger partial charge in [0, 0.05) is 32.6 Å². The number of benzene rings is 1. The number of methoxy groups -OCH3 is 1. The van der Waals surface area contributed by atoms with Gasteiger partial charge in [-0.05, 0) is 24.1 Å². The van der Waals surface area contributed by atoms with E-state index in [4.69, 9.17) is 4.74 Å². The van der Waals surface area contributed by atoms with E-state index < -0.39 is 0 Å². The summed E-state index contributed by atoms with van der Waals surface area (Å²) in [6, 6.07) is 5.69. The fourth-order valence-corrected chi connectivity index (χ4v) is 2.47. The number of nitrogens with one attached hydrogen (secondary N) is 1. The van der Waals surface area contributed by atoms with Gasteiger partial charge in [0.25, 0.3) is 0 Å². The standard InChI is InChI=1S/C14H20N2O3/c1-10(17)15-12-5-6-16(9-12)8-11-3-4-14(19-2)13(18)7-11/h3-4,7,12,18H,5-6,8-9H2,1-2H3,(H,15,17). The molecule has 5 heteroatoms. The number of likely N-dealkylation sites (tertiary alicyclic amines) is 1. The number of phenolic OH excluding ortho intramolecular Hbond substituents is 1. The van der Waals surface area contributed by atoms with Crippen molar-refractivity contribution in [3.63, 3.8) is 0 Å². The van der Waals surface area contributed by atoms with Crippen LogP contribution in [0.3, 0.4) is 0 Å². The Morgan fingerprint density at radius 1 is 1.58 bits per heavy atom. The first-order valence-corrected chi connectivity index (χ1v) is 6.44. The van der Waals surface area contributed by atoms with Crippen LogP contribution in [0, 0.1) is 0 Å². The predicted molar refractivity (Wildman–Crippen MR) is 72.2 cm³/mol. The zero-order chi connectivity index (χ0) is 13.8. The van der Waals surface area contributed by atoms with Crippen molar-refractivity contribution in [1.29, 1.82) is 0 Å². The van der Waals surface area contributed by atoms with Gasteiger partial charge in [0.1, 0.15) is 0 Å². The summed E-state index contributed by atoms with van der Waals surface area (Å²) in [5.41, 5.74) is 1.04. The first kappa shape index (κ1) is 13.7. The molecule has 1 saturated heterocycles. The van der Waals surface area contributed by atoms with E-state index in [0.29, 0.717) is 5.75 Å². The molecular weight excluding hydrogens is 244 g/mol. The highest BCUT2D eigenvalue weighted by Gasteiger charge is 2.22. The Kier molecular flexibility index (Phi) is 4.27. The van der Waals surface area contributed by atoms with Crippen molar-refractivity contribution in [2.75, 3.05) is 20.2 Å². The normalized spacial score (nSPS) is 19.4. The van der Waals surface area contributed by atoms with Crippen molar-refractivity contribution in [3.05, 3.63) is 23.8 Å². The molecule has 1 amide bonds. The number of aromatic hydroxyl groups is 1. The molecule has 0 aliphatic carbocycles. The third kappa shape index (κ3) is 3.61. The molecule has 1 fully saturated rings. The van der Waals surface area contributed by atoms with Crippen LogP contribution in [-0.2, 0) is 11.3 Å². The van der Waals surface area contributed by atoms with Gasteiger partial charge < -0.3 is 15.2 Å². The van der Waals surface area contributed by atoms with E-state index in [0.717, 1.165) is 31.6 Å². The van der Waals surface area contributed by atoms with E-state index in [1.54, 1.807) is 19.1 Å². The van der Waals surface area contributed by atoms with Crippen LogP contribution in [-0.4, -0.2) is 42.2 Å². The van der Waals surface area contributed by atoms with Crippen molar-refractivity contribution in [2.45, 2.75) is 25.9 Å². The summed E-state index contributed by atoms with van der Waals surface area (Å²) in [6.45, 7) is 4.13. The summed E-state index contributed by atoms with van der Waals surface area (Å²) >= 11 is 0. The molecule has 0 spiro atoms. The van der Waals surface area contributed by atoms with Gasteiger partial charge in [0.05, 0.1) is 7.11 Å². The fourth-order valence-electron chi connectivity index (χ4n) is 2.47. The molecule has 2 N–H and O–H groups in total. The molecule has 1 atom stereocenters. The number of phenols is 1. The fraction of sp³-hybridized carbons (Fsp3) is 0.500. The van der Waals surface area contributed by atoms with Gasteiger partial charge in [-0.15, -0.1) is 0 Å². The third-order valence-electron chi connectivity index (χ3n) is 3.33. The molecule has 1 aliphatic rings. The maximum atomic E-state index is 11.0. The Bertz CT molecular complexity index is 462. The van der Waals surface area contributed by atoms with Gasteiger partial charge in [-0.1, -0.05) is 6.07 Å². The molecule has 0 bridgehead atoms. The number of nitrogens with zero attached hydrogens (tertiary/aromatic N) is 1. The van der Waals surface area contributed by atoms with Crippen LogP contribution in [0.4, 0.5) is 0 Å². The van der Waals surface area contributed by atoms with E-state index in [1.807, 2.05) is 6.07 Å². The minimum atomic E-state index is 0.0222. The maximum Gasteiger partial charge on any atom is 0.217 e. The second-order valence-corrected chi connectivity index (χ2v) is 4.93.